The van der Waals surface area contributed by atoms with Crippen LogP contribution in [0, 0.1) is 12.3 Å². The van der Waals surface area contributed by atoms with Gasteiger partial charge in [-0.15, -0.1) is 6.42 Å². The molecule has 194 valence electrons. The molecule has 0 aliphatic carbocycles. The lowest BCUT2D eigenvalue weighted by Crippen LogP contribution is -2.76. The number of urea groups is 1. The molecule has 2 heterocycles. The van der Waals surface area contributed by atoms with Crippen LogP contribution in [-0.2, 0) is 22.7 Å². The molecule has 2 aliphatic rings. The van der Waals surface area contributed by atoms with Gasteiger partial charge >= 0.3 is 6.03 Å². The highest BCUT2D eigenvalue weighted by molar-refractivity contribution is 6.35. The summed E-state index contributed by atoms with van der Waals surface area (Å²) in [4.78, 5) is 43.6. The summed E-state index contributed by atoms with van der Waals surface area (Å²) in [5, 5.41) is 6.95. The molecule has 2 fully saturated rings. The number of nitrogens with zero attached hydrogens (tertiary/aromatic N) is 4. The van der Waals surface area contributed by atoms with Gasteiger partial charge in [0.25, 0.3) is 0 Å². The van der Waals surface area contributed by atoms with Gasteiger partial charge in [0.15, 0.2) is 0 Å². The molecule has 0 radical (unpaired) electrons. The Labute approximate surface area is 227 Å². The van der Waals surface area contributed by atoms with Crippen molar-refractivity contribution >= 4 is 41.0 Å². The van der Waals surface area contributed by atoms with Crippen molar-refractivity contribution in [2.45, 2.75) is 45.1 Å². The predicted octanol–water partition coefficient (Wildman–Crippen LogP) is 3.73. The Bertz CT molecular complexity index is 1200. The molecule has 4 rings (SSSR count). The highest BCUT2D eigenvalue weighted by Gasteiger charge is 2.51. The van der Waals surface area contributed by atoms with Crippen LogP contribution in [0.3, 0.4) is 0 Å². The third-order valence-electron chi connectivity index (χ3n) is 6.54. The Morgan fingerprint density at radius 3 is 2.59 bits per heavy atom. The molecule has 37 heavy (non-hydrogen) atoms. The van der Waals surface area contributed by atoms with Crippen LogP contribution in [-0.4, -0.2) is 69.5 Å². The number of hydrogen-bond donors (Lipinski definition) is 1. The Hall–Kier alpha value is -3.25. The molecule has 8 nitrogen and oxygen atoms in total. The van der Waals surface area contributed by atoms with Crippen LogP contribution in [0.4, 0.5) is 4.79 Å². The third-order valence-corrected chi connectivity index (χ3v) is 7.12. The van der Waals surface area contributed by atoms with Gasteiger partial charge in [-0.05, 0) is 29.7 Å². The smallest absolute Gasteiger partial charge is 0.333 e. The number of benzene rings is 2. The average molecular weight is 542 g/mol. The second-order valence-electron chi connectivity index (χ2n) is 9.06. The van der Waals surface area contributed by atoms with Crippen LogP contribution < -0.4 is 5.32 Å². The van der Waals surface area contributed by atoms with Crippen molar-refractivity contribution in [3.8, 4) is 12.3 Å². The average Bonchev–Trinajstić information content (AvgIpc) is 2.87. The number of rotatable bonds is 7. The summed E-state index contributed by atoms with van der Waals surface area (Å²) in [7, 11) is 0. The fraction of sp³-hybridized carbons (Fsp3) is 0.370. The lowest BCUT2D eigenvalue weighted by atomic mass is 10.0. The summed E-state index contributed by atoms with van der Waals surface area (Å²) in [6.45, 7) is 2.59. The molecule has 2 aromatic rings. The minimum absolute atomic E-state index is 0.0737. The number of nitrogens with one attached hydrogen (secondary N) is 1. The zero-order chi connectivity index (χ0) is 26.5. The first-order valence-electron chi connectivity index (χ1n) is 12.2. The van der Waals surface area contributed by atoms with E-state index in [9.17, 15) is 14.4 Å². The molecule has 0 aromatic heterocycles. The van der Waals surface area contributed by atoms with Gasteiger partial charge in [0, 0.05) is 23.1 Å². The molecule has 0 saturated carbocycles. The molecule has 0 unspecified atom stereocenters. The third kappa shape index (κ3) is 5.85. The summed E-state index contributed by atoms with van der Waals surface area (Å²) >= 11 is 12.5. The highest BCUT2D eigenvalue weighted by Crippen LogP contribution is 2.30. The first kappa shape index (κ1) is 26.8. The van der Waals surface area contributed by atoms with Gasteiger partial charge in [0.1, 0.15) is 12.2 Å². The number of amides is 4. The Balaban J connectivity index is 1.65. The van der Waals surface area contributed by atoms with E-state index in [4.69, 9.17) is 29.6 Å². The molecular weight excluding hydrogens is 513 g/mol. The highest BCUT2D eigenvalue weighted by atomic mass is 35.5. The zero-order valence-corrected chi connectivity index (χ0v) is 22.1. The summed E-state index contributed by atoms with van der Waals surface area (Å²) < 4.78 is 0. The molecule has 4 amide bonds. The maximum Gasteiger partial charge on any atom is 0.334 e. The summed E-state index contributed by atoms with van der Waals surface area (Å²) in [5.41, 5.74) is 1.66. The van der Waals surface area contributed by atoms with Crippen molar-refractivity contribution in [1.82, 2.24) is 25.1 Å². The van der Waals surface area contributed by atoms with Gasteiger partial charge in [-0.2, -0.15) is 5.01 Å². The van der Waals surface area contributed by atoms with E-state index in [1.54, 1.807) is 33.0 Å². The topological polar surface area (TPSA) is 76.2 Å². The van der Waals surface area contributed by atoms with Crippen molar-refractivity contribution in [1.29, 1.82) is 0 Å². The number of terminal acetylenes is 1. The van der Waals surface area contributed by atoms with Crippen LogP contribution in [0.1, 0.15) is 30.9 Å². The van der Waals surface area contributed by atoms with Crippen molar-refractivity contribution in [2.75, 3.05) is 19.6 Å². The molecule has 2 atom stereocenters. The SMILES string of the molecule is C#CCN1CC(=O)N2[C@@H](CCC)C(=O)N(Cc3ccc(Cl)cc3Cl)C[C@@H]2N1C(=O)NCc1ccccc1. The molecule has 0 bridgehead atoms. The number of carbonyl (C=O) groups excluding carboxylic acids is 3. The lowest BCUT2D eigenvalue weighted by molar-refractivity contribution is -0.189. The van der Waals surface area contributed by atoms with E-state index in [0.717, 1.165) is 11.1 Å². The second kappa shape index (κ2) is 11.9. The molecule has 0 spiro atoms. The van der Waals surface area contributed by atoms with Crippen LogP contribution in [0.15, 0.2) is 48.5 Å². The number of halogens is 2. The Morgan fingerprint density at radius 1 is 1.16 bits per heavy atom. The van der Waals surface area contributed by atoms with Crippen LogP contribution >= 0.6 is 23.2 Å². The molecule has 2 aromatic carbocycles. The summed E-state index contributed by atoms with van der Waals surface area (Å²) in [5.74, 6) is 2.14. The van der Waals surface area contributed by atoms with Crippen LogP contribution in [0.25, 0.3) is 0 Å². The number of hydrogen-bond acceptors (Lipinski definition) is 4. The van der Waals surface area contributed by atoms with E-state index < -0.39 is 18.2 Å². The zero-order valence-electron chi connectivity index (χ0n) is 20.6. The van der Waals surface area contributed by atoms with Gasteiger partial charge < -0.3 is 15.1 Å². The van der Waals surface area contributed by atoms with E-state index in [1.165, 1.54) is 5.01 Å². The lowest BCUT2D eigenvalue weighted by Gasteiger charge is -2.55. The number of piperazine rings is 1. The van der Waals surface area contributed by atoms with E-state index >= 15 is 0 Å². The normalized spacial score (nSPS) is 20.0. The van der Waals surface area contributed by atoms with Gasteiger partial charge in [-0.1, -0.05) is 78.9 Å². The molecular formula is C27H29Cl2N5O3. The Morgan fingerprint density at radius 2 is 1.92 bits per heavy atom. The number of fused-ring (bicyclic) bond motifs is 1. The van der Waals surface area contributed by atoms with Crippen LogP contribution in [0.5, 0.6) is 0 Å². The standard InChI is InChI=1S/C27H29Cl2N5O3/c1-3-8-23-26(36)31(16-20-11-12-21(28)14-22(20)29)17-24-33(23)25(35)18-32(13-4-2)34(24)27(37)30-15-19-9-6-5-7-10-19/h2,5-7,9-12,14,23-24H,3,8,13,15-18H2,1H3,(H,30,37)/t23-,24-/m0/s1. The second-order valence-corrected chi connectivity index (χ2v) is 9.90. The molecule has 10 heteroatoms. The minimum Gasteiger partial charge on any atom is -0.333 e. The molecule has 2 aliphatic heterocycles. The maximum atomic E-state index is 13.6. The Kier molecular flexibility index (Phi) is 8.59. The van der Waals surface area contributed by atoms with Crippen molar-refractivity contribution in [2.24, 2.45) is 0 Å². The largest absolute Gasteiger partial charge is 0.334 e. The summed E-state index contributed by atoms with van der Waals surface area (Å²) in [6, 6.07) is 13.6. The van der Waals surface area contributed by atoms with Gasteiger partial charge in [0.2, 0.25) is 11.8 Å². The first-order valence-corrected chi connectivity index (χ1v) is 12.9. The van der Waals surface area contributed by atoms with E-state index in [2.05, 4.69) is 11.2 Å². The monoisotopic (exact) mass is 541 g/mol. The number of hydrazine groups is 1. The fourth-order valence-corrected chi connectivity index (χ4v) is 5.31. The van der Waals surface area contributed by atoms with Gasteiger partial charge in [-0.25, -0.2) is 9.80 Å². The predicted molar refractivity (Wildman–Crippen MR) is 142 cm³/mol. The van der Waals surface area contributed by atoms with E-state index in [1.807, 2.05) is 37.3 Å². The van der Waals surface area contributed by atoms with Gasteiger partial charge in [0.05, 0.1) is 19.6 Å². The first-order chi connectivity index (χ1) is 17.8. The maximum absolute atomic E-state index is 13.6. The van der Waals surface area contributed by atoms with Gasteiger partial charge in [-0.3, -0.25) is 9.59 Å². The van der Waals surface area contributed by atoms with Crippen LogP contribution in [0.2, 0.25) is 10.0 Å². The molecule has 1 N–H and O–H groups in total. The fourth-order valence-electron chi connectivity index (χ4n) is 4.84. The van der Waals surface area contributed by atoms with Crippen molar-refractivity contribution in [3.05, 3.63) is 69.7 Å². The van der Waals surface area contributed by atoms with Crippen molar-refractivity contribution < 1.29 is 14.4 Å². The van der Waals surface area contributed by atoms with E-state index in [0.29, 0.717) is 29.4 Å². The quantitative estimate of drug-likeness (QED) is 0.542. The number of carbonyl (C=O) groups is 3. The van der Waals surface area contributed by atoms with Crippen molar-refractivity contribution in [3.63, 3.8) is 0 Å². The van der Waals surface area contributed by atoms with E-state index in [-0.39, 0.29) is 38.0 Å². The molecule has 2 saturated heterocycles. The summed E-state index contributed by atoms with van der Waals surface area (Å²) in [6.07, 6.45) is 6.04. The minimum atomic E-state index is -0.717.